The third-order valence-electron chi connectivity index (χ3n) is 23.3. The lowest BCUT2D eigenvalue weighted by Crippen LogP contribution is -2.66. The van der Waals surface area contributed by atoms with Crippen molar-refractivity contribution >= 4 is 59.1 Å². The Bertz CT molecular complexity index is 2870. The molecule has 3 saturated heterocycles. The summed E-state index contributed by atoms with van der Waals surface area (Å²) in [6, 6.07) is 7.08. The number of nitrogens with one attached hydrogen (secondary N) is 8. The summed E-state index contributed by atoms with van der Waals surface area (Å²) in [6.07, 6.45) is 13.3. The molecule has 0 spiro atoms. The van der Waals surface area contributed by atoms with Gasteiger partial charge in [0.1, 0.15) is 60.4 Å². The molecule has 3 aliphatic heterocycles. The molecule has 524 valence electrons. The summed E-state index contributed by atoms with van der Waals surface area (Å²) in [7, 11) is 0. The molecule has 22 heteroatoms. The average Bonchev–Trinajstić information content (AvgIpc) is 0.743. The number of carbonyl (C=O) groups is 10. The maximum absolute atomic E-state index is 15.6. The number of carbonyl (C=O) groups excluding carboxylic acids is 10. The predicted octanol–water partition coefficient (Wildman–Crippen LogP) is 4.35. The maximum Gasteiger partial charge on any atom is 0.246 e. The standard InChI is InChI=1S/C74H108N12O10/c1-43(2)27-55-65(89)81-57(35-45-15-7-5-8-16-45)71(95)85-25-13-21-59(85)67(91)84-62(74-40-50-32-51(41-74)34-52(33-50)42-74)70(94)78-54(20-12-24-76)64(88)80-56(28-44(3)4)66(90)82-58(36-46-17-9-6-10-18-46)72(96)86-26-14-22-60(86)68(92)83-61(69(93)77-53(19-11-23-75)63(87)79-55)73-37-47-29-48(38-73)31-49(30-47)39-73/h5-10,15-18,43-44,47-62H,11-14,19-42,75-76H2,1-4H3,(H,77,93)(H,78,94)(H,79,87)(H,80,88)(H,81,89)(H,82,90)(H,83,92)(H,84,91)/t47?,48?,49?,50?,51?,52?,53-,54-,55-,56-,57+,58+,59-,60-,61?,62?,73?,74?/m0/s1. The van der Waals surface area contributed by atoms with Crippen molar-refractivity contribution in [1.82, 2.24) is 52.3 Å². The van der Waals surface area contributed by atoms with Crippen LogP contribution in [0.25, 0.3) is 0 Å². The van der Waals surface area contributed by atoms with Gasteiger partial charge in [0.05, 0.1) is 0 Å². The molecule has 11 fully saturated rings. The molecule has 10 atom stereocenters. The fraction of sp³-hybridized carbons (Fsp3) is 0.703. The van der Waals surface area contributed by atoms with Gasteiger partial charge in [-0.2, -0.15) is 0 Å². The maximum atomic E-state index is 15.6. The van der Waals surface area contributed by atoms with Gasteiger partial charge in [-0.05, 0) is 213 Å². The van der Waals surface area contributed by atoms with Crippen molar-refractivity contribution in [3.63, 3.8) is 0 Å². The van der Waals surface area contributed by atoms with Crippen LogP contribution in [-0.2, 0) is 60.8 Å². The molecule has 2 aromatic carbocycles. The Kier molecular flexibility index (Phi) is 22.6. The lowest BCUT2D eigenvalue weighted by molar-refractivity contribution is -0.147. The number of hydrogen-bond donors (Lipinski definition) is 10. The number of rotatable bonds is 16. The summed E-state index contributed by atoms with van der Waals surface area (Å²) >= 11 is 0. The zero-order chi connectivity index (χ0) is 68.0. The SMILES string of the molecule is CC(C)C[C@@H]1NC(=O)[C@H](CCCN)NC(=O)C(C23CC4CC(CC(C4)C2)C3)NC(=O)[C@@H]2CCCN2C(=O)[C@@H](Cc2ccccc2)NC(=O)[C@H](CC(C)C)NC(=O)[C@H](CCCN)NC(=O)C(C23CC4CC(CC(C4)C2)C3)NC(=O)[C@@H]2CCCN2C(=O)[C@@H](Cc2ccccc2)NC1=O. The van der Waals surface area contributed by atoms with Crippen LogP contribution < -0.4 is 54.0 Å². The Balaban J connectivity index is 0.967. The van der Waals surface area contributed by atoms with Crippen molar-refractivity contribution in [2.24, 2.45) is 69.6 Å². The number of fused-ring (bicyclic) bond motifs is 2. The minimum atomic E-state index is -1.20. The molecule has 22 nitrogen and oxygen atoms in total. The Morgan fingerprint density at radius 1 is 0.396 bits per heavy atom. The quantitative estimate of drug-likeness (QED) is 0.112. The van der Waals surface area contributed by atoms with Crippen LogP contribution >= 0.6 is 0 Å². The van der Waals surface area contributed by atoms with E-state index >= 15 is 47.9 Å². The van der Waals surface area contributed by atoms with Crippen LogP contribution in [0, 0.1) is 58.2 Å². The largest absolute Gasteiger partial charge is 0.343 e. The average molecular weight is 1330 g/mol. The molecule has 96 heavy (non-hydrogen) atoms. The highest BCUT2D eigenvalue weighted by Crippen LogP contribution is 2.63. The summed E-state index contributed by atoms with van der Waals surface area (Å²) in [4.78, 5) is 156. The van der Waals surface area contributed by atoms with Crippen LogP contribution in [0.5, 0.6) is 0 Å². The van der Waals surface area contributed by atoms with Gasteiger partial charge in [-0.15, -0.1) is 0 Å². The lowest BCUT2D eigenvalue weighted by Gasteiger charge is -2.59. The number of hydrogen-bond acceptors (Lipinski definition) is 12. The van der Waals surface area contributed by atoms with E-state index in [1.165, 1.54) is 9.80 Å². The summed E-state index contributed by atoms with van der Waals surface area (Å²) < 4.78 is 0. The third kappa shape index (κ3) is 16.3. The minimum Gasteiger partial charge on any atom is -0.343 e. The van der Waals surface area contributed by atoms with Gasteiger partial charge >= 0.3 is 0 Å². The molecule has 2 unspecified atom stereocenters. The van der Waals surface area contributed by atoms with Crippen LogP contribution in [0.2, 0.25) is 0 Å². The van der Waals surface area contributed by atoms with E-state index in [0.717, 1.165) is 49.7 Å². The highest BCUT2D eigenvalue weighted by Gasteiger charge is 2.59. The van der Waals surface area contributed by atoms with E-state index in [1.54, 1.807) is 0 Å². The topological polar surface area (TPSA) is 325 Å². The van der Waals surface area contributed by atoms with E-state index in [2.05, 4.69) is 42.5 Å². The molecule has 8 bridgehead atoms. The lowest BCUT2D eigenvalue weighted by atomic mass is 9.47. The minimum absolute atomic E-state index is 0.0521. The second-order valence-corrected chi connectivity index (χ2v) is 31.7. The fourth-order valence-electron chi connectivity index (χ4n) is 19.8. The molecule has 13 rings (SSSR count). The Morgan fingerprint density at radius 2 is 0.698 bits per heavy atom. The van der Waals surface area contributed by atoms with Gasteiger partial charge < -0.3 is 63.8 Å². The molecule has 8 saturated carbocycles. The van der Waals surface area contributed by atoms with Gasteiger partial charge in [0.15, 0.2) is 0 Å². The third-order valence-corrected chi connectivity index (χ3v) is 23.3. The Hall–Kier alpha value is -6.94. The number of benzene rings is 2. The van der Waals surface area contributed by atoms with Crippen molar-refractivity contribution in [1.29, 1.82) is 0 Å². The molecule has 12 N–H and O–H groups in total. The molecule has 10 amide bonds. The van der Waals surface area contributed by atoms with Crippen molar-refractivity contribution < 1.29 is 47.9 Å². The first kappa shape index (κ1) is 70.4. The first-order valence-electron chi connectivity index (χ1n) is 36.6. The van der Waals surface area contributed by atoms with E-state index < -0.39 is 130 Å². The van der Waals surface area contributed by atoms with Gasteiger partial charge in [0.25, 0.3) is 0 Å². The van der Waals surface area contributed by atoms with Gasteiger partial charge in [0, 0.05) is 36.8 Å². The zero-order valence-electron chi connectivity index (χ0n) is 57.1. The molecular formula is C74H108N12O10. The number of nitrogens with zero attached hydrogens (tertiary/aromatic N) is 2. The van der Waals surface area contributed by atoms with Gasteiger partial charge in [-0.3, -0.25) is 47.9 Å². The normalized spacial score (nSPS) is 35.8. The van der Waals surface area contributed by atoms with Crippen molar-refractivity contribution in [3.8, 4) is 0 Å². The predicted molar refractivity (Wildman–Crippen MR) is 362 cm³/mol. The van der Waals surface area contributed by atoms with E-state index in [9.17, 15) is 0 Å². The van der Waals surface area contributed by atoms with Crippen LogP contribution in [0.3, 0.4) is 0 Å². The first-order valence-corrected chi connectivity index (χ1v) is 36.6. The summed E-state index contributed by atoms with van der Waals surface area (Å²) in [5.41, 5.74) is 12.4. The molecule has 2 aromatic rings. The smallest absolute Gasteiger partial charge is 0.246 e. The van der Waals surface area contributed by atoms with Gasteiger partial charge in [0.2, 0.25) is 59.1 Å². The Morgan fingerprint density at radius 3 is 1.01 bits per heavy atom. The molecular weight excluding hydrogens is 1220 g/mol. The monoisotopic (exact) mass is 1320 g/mol. The molecule has 8 aliphatic carbocycles. The van der Waals surface area contributed by atoms with Crippen molar-refractivity contribution in [3.05, 3.63) is 71.8 Å². The van der Waals surface area contributed by atoms with Crippen LogP contribution in [0.15, 0.2) is 60.7 Å². The second-order valence-electron chi connectivity index (χ2n) is 31.7. The molecule has 3 heterocycles. The highest BCUT2D eigenvalue weighted by molar-refractivity contribution is 6.00. The summed E-state index contributed by atoms with van der Waals surface area (Å²) in [5.74, 6) is -3.78. The number of nitrogens with two attached hydrogens (primary N) is 2. The second kappa shape index (κ2) is 30.9. The first-order chi connectivity index (χ1) is 46.1. The highest BCUT2D eigenvalue weighted by atomic mass is 16.2. The fourth-order valence-corrected chi connectivity index (χ4v) is 19.8. The van der Waals surface area contributed by atoms with Crippen molar-refractivity contribution in [2.45, 2.75) is 242 Å². The van der Waals surface area contributed by atoms with E-state index in [1.807, 2.05) is 88.4 Å². The zero-order valence-corrected chi connectivity index (χ0v) is 57.1. The van der Waals surface area contributed by atoms with Crippen LogP contribution in [0.1, 0.15) is 180 Å². The molecule has 11 aliphatic rings. The van der Waals surface area contributed by atoms with Gasteiger partial charge in [-0.25, -0.2) is 0 Å². The van der Waals surface area contributed by atoms with Gasteiger partial charge in [-0.1, -0.05) is 88.4 Å². The van der Waals surface area contributed by atoms with Crippen molar-refractivity contribution in [2.75, 3.05) is 26.2 Å². The van der Waals surface area contributed by atoms with E-state index in [4.69, 9.17) is 11.5 Å². The molecule has 0 radical (unpaired) electrons. The van der Waals surface area contributed by atoms with Crippen LogP contribution in [0.4, 0.5) is 0 Å². The summed E-state index contributed by atoms with van der Waals surface area (Å²) in [5, 5.41) is 24.7. The molecule has 0 aromatic heterocycles. The van der Waals surface area contributed by atoms with E-state index in [-0.39, 0.29) is 89.4 Å². The Labute approximate surface area is 566 Å². The number of amides is 10. The van der Waals surface area contributed by atoms with E-state index in [0.29, 0.717) is 99.7 Å². The van der Waals surface area contributed by atoms with Crippen LogP contribution in [-0.4, -0.2) is 155 Å². The summed E-state index contributed by atoms with van der Waals surface area (Å²) in [6.45, 7) is 8.45.